The molecule has 0 unspecified atom stereocenters. The van der Waals surface area contributed by atoms with Crippen molar-refractivity contribution < 1.29 is 9.13 Å². The lowest BCUT2D eigenvalue weighted by molar-refractivity contribution is 0.327. The first-order valence-corrected chi connectivity index (χ1v) is 6.06. The fourth-order valence-corrected chi connectivity index (χ4v) is 2.20. The van der Waals surface area contributed by atoms with Gasteiger partial charge >= 0.3 is 0 Å². The second kappa shape index (κ2) is 4.78. The Kier molecular flexibility index (Phi) is 2.99. The van der Waals surface area contributed by atoms with Crippen molar-refractivity contribution in [1.29, 1.82) is 0 Å². The van der Waals surface area contributed by atoms with Crippen molar-refractivity contribution in [1.82, 2.24) is 5.32 Å². The number of nitrogens with one attached hydrogen (secondary N) is 1. The van der Waals surface area contributed by atoms with Gasteiger partial charge in [0.05, 0.1) is 0 Å². The Hall–Kier alpha value is -1.87. The lowest BCUT2D eigenvalue weighted by Gasteiger charge is -2.12. The van der Waals surface area contributed by atoms with Gasteiger partial charge in [0.25, 0.3) is 0 Å². The molecular weight excluding hydrogens is 229 g/mol. The van der Waals surface area contributed by atoms with Crippen LogP contribution in [-0.2, 0) is 6.54 Å². The molecule has 0 aliphatic carbocycles. The second-order valence-corrected chi connectivity index (χ2v) is 4.33. The number of rotatable bonds is 1. The van der Waals surface area contributed by atoms with Crippen molar-refractivity contribution in [2.24, 2.45) is 0 Å². The summed E-state index contributed by atoms with van der Waals surface area (Å²) < 4.78 is 18.8. The predicted molar refractivity (Wildman–Crippen MR) is 69.0 cm³/mol. The van der Waals surface area contributed by atoms with E-state index in [-0.39, 0.29) is 5.82 Å². The molecule has 0 aromatic heterocycles. The average Bonchev–Trinajstić information content (AvgIpc) is 2.64. The number of para-hydroxylation sites is 1. The second-order valence-electron chi connectivity index (χ2n) is 4.33. The normalized spacial score (nSPS) is 14.5. The van der Waals surface area contributed by atoms with E-state index in [1.807, 2.05) is 12.1 Å². The van der Waals surface area contributed by atoms with Crippen LogP contribution in [-0.4, -0.2) is 13.2 Å². The van der Waals surface area contributed by atoms with Gasteiger partial charge in [0, 0.05) is 24.2 Å². The highest BCUT2D eigenvalue weighted by molar-refractivity contribution is 5.72. The third kappa shape index (κ3) is 2.09. The number of hydrogen-bond donors (Lipinski definition) is 1. The van der Waals surface area contributed by atoms with Crippen molar-refractivity contribution in [2.45, 2.75) is 6.54 Å². The zero-order valence-electron chi connectivity index (χ0n) is 9.95. The molecule has 0 saturated carbocycles. The van der Waals surface area contributed by atoms with Gasteiger partial charge in [-0.15, -0.1) is 0 Å². The maximum absolute atomic E-state index is 13.0. The van der Waals surface area contributed by atoms with Crippen molar-refractivity contribution in [3.05, 3.63) is 53.8 Å². The van der Waals surface area contributed by atoms with E-state index in [9.17, 15) is 4.39 Å². The summed E-state index contributed by atoms with van der Waals surface area (Å²) >= 11 is 0. The Morgan fingerprint density at radius 1 is 1.06 bits per heavy atom. The molecule has 2 nitrogen and oxygen atoms in total. The van der Waals surface area contributed by atoms with Crippen LogP contribution in [0.15, 0.2) is 42.5 Å². The van der Waals surface area contributed by atoms with E-state index < -0.39 is 0 Å². The molecule has 1 aliphatic rings. The molecule has 0 spiro atoms. The van der Waals surface area contributed by atoms with E-state index in [2.05, 4.69) is 11.4 Å². The van der Waals surface area contributed by atoms with Crippen LogP contribution in [0.5, 0.6) is 5.75 Å². The largest absolute Gasteiger partial charge is 0.491 e. The quantitative estimate of drug-likeness (QED) is 0.831. The Morgan fingerprint density at radius 3 is 2.72 bits per heavy atom. The number of halogens is 1. The third-order valence-corrected chi connectivity index (χ3v) is 3.09. The molecule has 1 aliphatic heterocycles. The molecule has 0 radical (unpaired) electrons. The van der Waals surface area contributed by atoms with Crippen molar-refractivity contribution in [3.8, 4) is 16.9 Å². The molecule has 0 saturated heterocycles. The minimum atomic E-state index is -0.219. The molecule has 0 amide bonds. The summed E-state index contributed by atoms with van der Waals surface area (Å²) in [4.78, 5) is 0. The number of benzene rings is 2. The molecule has 3 heteroatoms. The van der Waals surface area contributed by atoms with Gasteiger partial charge in [-0.3, -0.25) is 0 Å². The Balaban J connectivity index is 2.09. The summed E-state index contributed by atoms with van der Waals surface area (Å²) in [6.07, 6.45) is 0. The van der Waals surface area contributed by atoms with Crippen molar-refractivity contribution in [2.75, 3.05) is 13.2 Å². The van der Waals surface area contributed by atoms with Crippen LogP contribution < -0.4 is 10.1 Å². The lowest BCUT2D eigenvalue weighted by Crippen LogP contribution is -2.16. The minimum Gasteiger partial charge on any atom is -0.491 e. The first-order chi connectivity index (χ1) is 8.84. The topological polar surface area (TPSA) is 21.3 Å². The Labute approximate surface area is 105 Å². The smallest absolute Gasteiger partial charge is 0.131 e. The molecule has 18 heavy (non-hydrogen) atoms. The Morgan fingerprint density at radius 2 is 1.89 bits per heavy atom. The van der Waals surface area contributed by atoms with E-state index >= 15 is 0 Å². The molecule has 0 atom stereocenters. The number of ether oxygens (including phenoxy) is 1. The van der Waals surface area contributed by atoms with Gasteiger partial charge in [-0.2, -0.15) is 0 Å². The fraction of sp³-hybridized carbons (Fsp3) is 0.200. The van der Waals surface area contributed by atoms with Gasteiger partial charge in [-0.1, -0.05) is 30.3 Å². The molecule has 2 aromatic carbocycles. The molecule has 92 valence electrons. The van der Waals surface area contributed by atoms with Gasteiger partial charge in [0.15, 0.2) is 0 Å². The Bertz CT molecular complexity index is 551. The molecule has 2 aromatic rings. The van der Waals surface area contributed by atoms with Gasteiger partial charge in [-0.25, -0.2) is 4.39 Å². The van der Waals surface area contributed by atoms with Crippen LogP contribution in [0.25, 0.3) is 11.1 Å². The zero-order chi connectivity index (χ0) is 12.4. The van der Waals surface area contributed by atoms with Gasteiger partial charge in [0.2, 0.25) is 0 Å². The molecular formula is C15H14FNO. The SMILES string of the molecule is Fc1ccc(-c2cccc3c2OCCNC3)cc1. The highest BCUT2D eigenvalue weighted by Gasteiger charge is 2.13. The average molecular weight is 243 g/mol. The maximum atomic E-state index is 13.0. The van der Waals surface area contributed by atoms with Crippen molar-refractivity contribution >= 4 is 0 Å². The lowest BCUT2D eigenvalue weighted by atomic mass is 10.0. The molecule has 0 fully saturated rings. The van der Waals surface area contributed by atoms with Crippen LogP contribution in [0.3, 0.4) is 0 Å². The summed E-state index contributed by atoms with van der Waals surface area (Å²) in [5.74, 6) is 0.692. The van der Waals surface area contributed by atoms with E-state index in [4.69, 9.17) is 4.74 Å². The maximum Gasteiger partial charge on any atom is 0.131 e. The summed E-state index contributed by atoms with van der Waals surface area (Å²) in [6, 6.07) is 12.6. The molecule has 3 rings (SSSR count). The van der Waals surface area contributed by atoms with E-state index in [0.29, 0.717) is 6.61 Å². The predicted octanol–water partition coefficient (Wildman–Crippen LogP) is 2.97. The first-order valence-electron chi connectivity index (χ1n) is 6.06. The summed E-state index contributed by atoms with van der Waals surface area (Å²) in [7, 11) is 0. The van der Waals surface area contributed by atoms with Crippen LogP contribution in [0.1, 0.15) is 5.56 Å². The highest BCUT2D eigenvalue weighted by Crippen LogP contribution is 2.34. The summed E-state index contributed by atoms with van der Waals surface area (Å²) in [5.41, 5.74) is 3.15. The molecule has 1 N–H and O–H groups in total. The molecule has 1 heterocycles. The van der Waals surface area contributed by atoms with Gasteiger partial charge < -0.3 is 10.1 Å². The summed E-state index contributed by atoms with van der Waals surface area (Å²) in [6.45, 7) is 2.31. The number of hydrogen-bond acceptors (Lipinski definition) is 2. The summed E-state index contributed by atoms with van der Waals surface area (Å²) in [5, 5.41) is 3.31. The highest BCUT2D eigenvalue weighted by atomic mass is 19.1. The van der Waals surface area contributed by atoms with Crippen LogP contribution >= 0.6 is 0 Å². The van der Waals surface area contributed by atoms with E-state index in [1.54, 1.807) is 12.1 Å². The first kappa shape index (κ1) is 11.2. The van der Waals surface area contributed by atoms with Crippen LogP contribution in [0.4, 0.5) is 4.39 Å². The van der Waals surface area contributed by atoms with Crippen molar-refractivity contribution in [3.63, 3.8) is 0 Å². The van der Waals surface area contributed by atoms with E-state index in [0.717, 1.165) is 35.5 Å². The fourth-order valence-electron chi connectivity index (χ4n) is 2.20. The third-order valence-electron chi connectivity index (χ3n) is 3.09. The number of fused-ring (bicyclic) bond motifs is 1. The monoisotopic (exact) mass is 243 g/mol. The van der Waals surface area contributed by atoms with Gasteiger partial charge in [-0.05, 0) is 17.7 Å². The van der Waals surface area contributed by atoms with Gasteiger partial charge in [0.1, 0.15) is 18.2 Å². The van der Waals surface area contributed by atoms with Crippen LogP contribution in [0, 0.1) is 5.82 Å². The molecule has 0 bridgehead atoms. The zero-order valence-corrected chi connectivity index (χ0v) is 9.95. The van der Waals surface area contributed by atoms with Crippen LogP contribution in [0.2, 0.25) is 0 Å². The minimum absolute atomic E-state index is 0.219. The van der Waals surface area contributed by atoms with E-state index in [1.165, 1.54) is 12.1 Å². The standard InChI is InChI=1S/C15H14FNO/c16-13-6-4-11(5-7-13)14-3-1-2-12-10-17-8-9-18-15(12)14/h1-7,17H,8-10H2.